The lowest BCUT2D eigenvalue weighted by atomic mass is 10.1. The number of aromatic amines is 1. The van der Waals surface area contributed by atoms with E-state index >= 15 is 0 Å². The molecule has 0 bridgehead atoms. The standard InChI is InChI=1S/C22H18FN5O2/c1-12-17(9-21(29)30)13(2)28(27-12)11-16-5-4-15(8-18(16)23)22-25-19-6-3-14(10-24)7-20(19)26-22/h3-8H,9,11H2,1-2H3,(H,25,26)(H,29,30). The molecule has 0 aliphatic carbocycles. The van der Waals surface area contributed by atoms with Gasteiger partial charge in [0.2, 0.25) is 0 Å². The normalized spacial score (nSPS) is 11.0. The average molecular weight is 403 g/mol. The Balaban J connectivity index is 1.63. The van der Waals surface area contributed by atoms with E-state index in [9.17, 15) is 9.18 Å². The van der Waals surface area contributed by atoms with Crippen LogP contribution in [0.3, 0.4) is 0 Å². The maximum Gasteiger partial charge on any atom is 0.307 e. The van der Waals surface area contributed by atoms with Gasteiger partial charge in [-0.25, -0.2) is 9.37 Å². The van der Waals surface area contributed by atoms with E-state index in [4.69, 9.17) is 10.4 Å². The van der Waals surface area contributed by atoms with Gasteiger partial charge in [0, 0.05) is 22.4 Å². The lowest BCUT2D eigenvalue weighted by Crippen LogP contribution is -2.07. The molecule has 4 rings (SSSR count). The monoisotopic (exact) mass is 403 g/mol. The van der Waals surface area contributed by atoms with Crippen molar-refractivity contribution in [1.82, 2.24) is 19.7 Å². The molecule has 0 radical (unpaired) electrons. The molecule has 4 aromatic rings. The fraction of sp³-hybridized carbons (Fsp3) is 0.182. The molecule has 8 heteroatoms. The van der Waals surface area contributed by atoms with Gasteiger partial charge in [0.1, 0.15) is 11.6 Å². The minimum atomic E-state index is -0.927. The zero-order chi connectivity index (χ0) is 21.4. The van der Waals surface area contributed by atoms with E-state index in [0.717, 1.165) is 0 Å². The van der Waals surface area contributed by atoms with Gasteiger partial charge in [0.15, 0.2) is 0 Å². The summed E-state index contributed by atoms with van der Waals surface area (Å²) in [4.78, 5) is 18.6. The molecule has 0 atom stereocenters. The molecule has 30 heavy (non-hydrogen) atoms. The number of fused-ring (bicyclic) bond motifs is 1. The molecule has 2 heterocycles. The van der Waals surface area contributed by atoms with Crippen LogP contribution in [0.5, 0.6) is 0 Å². The highest BCUT2D eigenvalue weighted by atomic mass is 19.1. The van der Waals surface area contributed by atoms with Gasteiger partial charge in [0.05, 0.1) is 41.3 Å². The van der Waals surface area contributed by atoms with Crippen LogP contribution in [-0.4, -0.2) is 30.8 Å². The molecule has 0 amide bonds. The van der Waals surface area contributed by atoms with Crippen LogP contribution in [0.25, 0.3) is 22.4 Å². The zero-order valence-electron chi connectivity index (χ0n) is 16.4. The van der Waals surface area contributed by atoms with E-state index in [1.54, 1.807) is 48.9 Å². The second-order valence-corrected chi connectivity index (χ2v) is 7.11. The predicted octanol–water partition coefficient (Wildman–Crippen LogP) is 3.73. The summed E-state index contributed by atoms with van der Waals surface area (Å²) in [5, 5.41) is 22.4. The van der Waals surface area contributed by atoms with Crippen LogP contribution >= 0.6 is 0 Å². The number of halogens is 1. The van der Waals surface area contributed by atoms with Crippen molar-refractivity contribution in [2.45, 2.75) is 26.8 Å². The van der Waals surface area contributed by atoms with Gasteiger partial charge < -0.3 is 10.1 Å². The molecule has 0 fully saturated rings. The van der Waals surface area contributed by atoms with Crippen LogP contribution in [0.1, 0.15) is 28.1 Å². The molecule has 7 nitrogen and oxygen atoms in total. The number of imidazole rings is 1. The average Bonchev–Trinajstić information content (AvgIpc) is 3.25. The first-order valence-electron chi connectivity index (χ1n) is 9.29. The third-order valence-electron chi connectivity index (χ3n) is 5.12. The molecule has 2 N–H and O–H groups in total. The minimum absolute atomic E-state index is 0.112. The first-order chi connectivity index (χ1) is 14.4. The van der Waals surface area contributed by atoms with Crippen LogP contribution in [0, 0.1) is 31.0 Å². The van der Waals surface area contributed by atoms with E-state index < -0.39 is 11.8 Å². The molecule has 0 spiro atoms. The summed E-state index contributed by atoms with van der Waals surface area (Å²) in [6.07, 6.45) is -0.112. The SMILES string of the molecule is Cc1nn(Cc2ccc(-c3nc4ccc(C#N)cc4[nH]3)cc2F)c(C)c1CC(=O)O. The topological polar surface area (TPSA) is 108 Å². The van der Waals surface area contributed by atoms with Crippen molar-refractivity contribution in [2.75, 3.05) is 0 Å². The number of H-pyrrole nitrogens is 1. The number of benzene rings is 2. The van der Waals surface area contributed by atoms with E-state index in [-0.39, 0.29) is 13.0 Å². The quantitative estimate of drug-likeness (QED) is 0.528. The predicted molar refractivity (Wildman–Crippen MR) is 108 cm³/mol. The highest BCUT2D eigenvalue weighted by molar-refractivity contribution is 5.80. The van der Waals surface area contributed by atoms with Crippen LogP contribution in [0.2, 0.25) is 0 Å². The summed E-state index contributed by atoms with van der Waals surface area (Å²) >= 11 is 0. The maximum atomic E-state index is 14.8. The molecular formula is C22H18FN5O2. The summed E-state index contributed by atoms with van der Waals surface area (Å²) in [6, 6.07) is 12.1. The molecule has 0 aliphatic heterocycles. The number of hydrogen-bond acceptors (Lipinski definition) is 4. The number of rotatable bonds is 5. The fourth-order valence-corrected chi connectivity index (χ4v) is 3.50. The van der Waals surface area contributed by atoms with Gasteiger partial charge in [-0.1, -0.05) is 12.1 Å². The number of aromatic nitrogens is 4. The van der Waals surface area contributed by atoms with Gasteiger partial charge >= 0.3 is 5.97 Å². The van der Waals surface area contributed by atoms with Gasteiger partial charge in [-0.05, 0) is 38.1 Å². The molecule has 0 saturated carbocycles. The van der Waals surface area contributed by atoms with Crippen molar-refractivity contribution in [3.63, 3.8) is 0 Å². The Morgan fingerprint density at radius 3 is 2.77 bits per heavy atom. The highest BCUT2D eigenvalue weighted by Crippen LogP contribution is 2.24. The van der Waals surface area contributed by atoms with E-state index in [0.29, 0.717) is 50.5 Å². The summed E-state index contributed by atoms with van der Waals surface area (Å²) in [6.45, 7) is 3.74. The number of carboxylic acid groups (broad SMARTS) is 1. The van der Waals surface area contributed by atoms with Crippen molar-refractivity contribution >= 4 is 17.0 Å². The third kappa shape index (κ3) is 3.53. The summed E-state index contributed by atoms with van der Waals surface area (Å²) in [7, 11) is 0. The van der Waals surface area contributed by atoms with E-state index in [2.05, 4.69) is 21.1 Å². The van der Waals surface area contributed by atoms with E-state index in [1.807, 2.05) is 0 Å². The molecule has 2 aromatic heterocycles. The van der Waals surface area contributed by atoms with Crippen molar-refractivity contribution in [1.29, 1.82) is 5.26 Å². The number of carboxylic acids is 1. The second kappa shape index (κ2) is 7.44. The van der Waals surface area contributed by atoms with E-state index in [1.165, 1.54) is 6.07 Å². The lowest BCUT2D eigenvalue weighted by Gasteiger charge is -2.08. The number of hydrogen-bond donors (Lipinski definition) is 2. The van der Waals surface area contributed by atoms with Crippen molar-refractivity contribution in [3.8, 4) is 17.5 Å². The minimum Gasteiger partial charge on any atom is -0.481 e. The largest absolute Gasteiger partial charge is 0.481 e. The van der Waals surface area contributed by atoms with Crippen LogP contribution in [-0.2, 0) is 17.8 Å². The number of carbonyl (C=O) groups is 1. The first kappa shape index (κ1) is 19.3. The van der Waals surface area contributed by atoms with Gasteiger partial charge in [-0.3, -0.25) is 9.48 Å². The number of aryl methyl sites for hydroxylation is 1. The molecule has 2 aromatic carbocycles. The van der Waals surface area contributed by atoms with Crippen molar-refractivity contribution in [3.05, 3.63) is 70.3 Å². The molecule has 150 valence electrons. The highest BCUT2D eigenvalue weighted by Gasteiger charge is 2.16. The molecule has 0 unspecified atom stereocenters. The number of aliphatic carboxylic acids is 1. The Labute approximate surface area is 171 Å². The number of nitrogens with zero attached hydrogens (tertiary/aromatic N) is 4. The van der Waals surface area contributed by atoms with Crippen LogP contribution in [0.15, 0.2) is 36.4 Å². The van der Waals surface area contributed by atoms with Crippen molar-refractivity contribution < 1.29 is 14.3 Å². The Kier molecular flexibility index (Phi) is 4.80. The number of nitriles is 1. The van der Waals surface area contributed by atoms with Crippen molar-refractivity contribution in [2.24, 2.45) is 0 Å². The smallest absolute Gasteiger partial charge is 0.307 e. The Morgan fingerprint density at radius 1 is 1.27 bits per heavy atom. The lowest BCUT2D eigenvalue weighted by molar-refractivity contribution is -0.136. The van der Waals surface area contributed by atoms with Crippen LogP contribution in [0.4, 0.5) is 4.39 Å². The maximum absolute atomic E-state index is 14.8. The summed E-state index contributed by atoms with van der Waals surface area (Å²) < 4.78 is 16.4. The zero-order valence-corrected chi connectivity index (χ0v) is 16.4. The van der Waals surface area contributed by atoms with Gasteiger partial charge in [-0.2, -0.15) is 10.4 Å². The van der Waals surface area contributed by atoms with Gasteiger partial charge in [0.25, 0.3) is 0 Å². The van der Waals surface area contributed by atoms with Gasteiger partial charge in [-0.15, -0.1) is 0 Å². The Hall–Kier alpha value is -3.99. The Morgan fingerprint density at radius 2 is 2.07 bits per heavy atom. The molecule has 0 saturated heterocycles. The second-order valence-electron chi connectivity index (χ2n) is 7.11. The third-order valence-corrected chi connectivity index (χ3v) is 5.12. The first-order valence-corrected chi connectivity index (χ1v) is 9.29. The fourth-order valence-electron chi connectivity index (χ4n) is 3.50. The molecular weight excluding hydrogens is 385 g/mol. The molecule has 0 aliphatic rings. The number of nitrogens with one attached hydrogen (secondary N) is 1. The Bertz CT molecular complexity index is 1330. The summed E-state index contributed by atoms with van der Waals surface area (Å²) in [5.41, 5.74) is 4.95. The summed E-state index contributed by atoms with van der Waals surface area (Å²) in [5.74, 6) is -0.817. The van der Waals surface area contributed by atoms with Crippen LogP contribution < -0.4 is 0 Å².